The van der Waals surface area contributed by atoms with Crippen molar-refractivity contribution in [1.29, 1.82) is 0 Å². The van der Waals surface area contributed by atoms with Crippen molar-refractivity contribution in [1.82, 2.24) is 9.80 Å². The van der Waals surface area contributed by atoms with Crippen molar-refractivity contribution in [3.8, 4) is 11.5 Å². The maximum Gasteiger partial charge on any atom is 0.328 e. The van der Waals surface area contributed by atoms with Gasteiger partial charge in [0.15, 0.2) is 11.5 Å². The summed E-state index contributed by atoms with van der Waals surface area (Å²) in [6.07, 6.45) is 6.39. The summed E-state index contributed by atoms with van der Waals surface area (Å²) in [5, 5.41) is 15.6. The number of piperazine rings is 1. The normalized spacial score (nSPS) is 18.2. The molecule has 1 fully saturated rings. The average Bonchev–Trinajstić information content (AvgIpc) is 3.12. The van der Waals surface area contributed by atoms with E-state index in [2.05, 4.69) is 89.5 Å². The second kappa shape index (κ2) is 18.4. The van der Waals surface area contributed by atoms with Gasteiger partial charge in [-0.15, -0.1) is 0 Å². The summed E-state index contributed by atoms with van der Waals surface area (Å²) in [4.78, 5) is 24.4. The topological polar surface area (TPSA) is 109 Å². The molecule has 48 heavy (non-hydrogen) atoms. The molecule has 0 amide bonds. The van der Waals surface area contributed by atoms with Gasteiger partial charge in [-0.05, 0) is 73.0 Å². The van der Waals surface area contributed by atoms with Gasteiger partial charge >= 0.3 is 11.9 Å². The van der Waals surface area contributed by atoms with Crippen molar-refractivity contribution in [3.63, 3.8) is 0 Å². The van der Waals surface area contributed by atoms with Gasteiger partial charge in [-0.25, -0.2) is 9.59 Å². The van der Waals surface area contributed by atoms with Crippen LogP contribution in [0.15, 0.2) is 84.9 Å². The highest BCUT2D eigenvalue weighted by Crippen LogP contribution is 2.43. The molecule has 0 saturated carbocycles. The fourth-order valence-corrected chi connectivity index (χ4v) is 6.80. The number of carboxylic acid groups (broad SMARTS) is 2. The lowest BCUT2D eigenvalue weighted by atomic mass is 9.81. The molecule has 3 aromatic carbocycles. The quantitative estimate of drug-likeness (QED) is 0.195. The van der Waals surface area contributed by atoms with Crippen LogP contribution in [0.1, 0.15) is 60.8 Å². The van der Waals surface area contributed by atoms with Crippen molar-refractivity contribution < 1.29 is 34.0 Å². The molecular weight excluding hydrogens is 608 g/mol. The van der Waals surface area contributed by atoms with Crippen LogP contribution in [0.25, 0.3) is 0 Å². The Hall–Kier alpha value is -4.18. The zero-order chi connectivity index (χ0) is 34.4. The van der Waals surface area contributed by atoms with Crippen LogP contribution < -0.4 is 9.47 Å². The molecule has 0 radical (unpaired) electrons. The first-order chi connectivity index (χ1) is 23.3. The molecule has 2 aliphatic rings. The number of fused-ring (bicyclic) bond motifs is 1. The van der Waals surface area contributed by atoms with Crippen molar-refractivity contribution in [2.24, 2.45) is 0 Å². The Labute approximate surface area is 284 Å². The second-order valence-corrected chi connectivity index (χ2v) is 12.3. The van der Waals surface area contributed by atoms with Gasteiger partial charge in [0, 0.05) is 50.8 Å². The van der Waals surface area contributed by atoms with Gasteiger partial charge in [0.2, 0.25) is 0 Å². The van der Waals surface area contributed by atoms with Gasteiger partial charge in [0.25, 0.3) is 0 Å². The first-order valence-corrected chi connectivity index (χ1v) is 16.9. The van der Waals surface area contributed by atoms with Crippen LogP contribution in [0.5, 0.6) is 11.5 Å². The van der Waals surface area contributed by atoms with Crippen molar-refractivity contribution in [3.05, 3.63) is 107 Å². The van der Waals surface area contributed by atoms with E-state index in [0.29, 0.717) is 18.1 Å². The Kier molecular flexibility index (Phi) is 14.0. The Morgan fingerprint density at radius 1 is 0.833 bits per heavy atom. The summed E-state index contributed by atoms with van der Waals surface area (Å²) in [7, 11) is 3.42. The minimum Gasteiger partial charge on any atom is -0.493 e. The van der Waals surface area contributed by atoms with Crippen molar-refractivity contribution >= 4 is 11.9 Å². The molecule has 2 heterocycles. The second-order valence-electron chi connectivity index (χ2n) is 12.3. The number of ether oxygens (including phenoxy) is 3. The molecule has 5 rings (SSSR count). The van der Waals surface area contributed by atoms with Crippen LogP contribution in [0.3, 0.4) is 0 Å². The highest BCUT2D eigenvalue weighted by atomic mass is 16.5. The summed E-state index contributed by atoms with van der Waals surface area (Å²) >= 11 is 0. The third-order valence-corrected chi connectivity index (χ3v) is 9.46. The van der Waals surface area contributed by atoms with Crippen LogP contribution in [0.2, 0.25) is 0 Å². The fraction of sp³-hybridized carbons (Fsp3) is 0.436. The van der Waals surface area contributed by atoms with E-state index in [1.54, 1.807) is 14.2 Å². The Morgan fingerprint density at radius 3 is 1.85 bits per heavy atom. The standard InChI is InChI=1S/C35H46N2O3.C4H4O4/c1-4-35(32-27-34(39-3)33(38-2)26-30(32)17-25-40-35)18-20-37-23-21-36(22-24-37)19-11-16-31(28-12-7-5-8-13-28)29-14-9-6-10-15-29;5-3(6)1-2-4(7)8/h5-10,12-15,26-27,31H,4,11,16-25H2,1-3H3;1-2H,(H,5,6)(H,7,8). The summed E-state index contributed by atoms with van der Waals surface area (Å²) in [6, 6.07) is 26.3. The largest absolute Gasteiger partial charge is 0.493 e. The summed E-state index contributed by atoms with van der Waals surface area (Å²) in [6.45, 7) is 9.77. The molecule has 2 aliphatic heterocycles. The van der Waals surface area contributed by atoms with E-state index in [1.807, 2.05) is 0 Å². The number of carboxylic acids is 2. The summed E-state index contributed by atoms with van der Waals surface area (Å²) < 4.78 is 17.8. The number of hydrogen-bond donors (Lipinski definition) is 2. The zero-order valence-corrected chi connectivity index (χ0v) is 28.5. The smallest absolute Gasteiger partial charge is 0.328 e. The fourth-order valence-electron chi connectivity index (χ4n) is 6.80. The van der Waals surface area contributed by atoms with Crippen LogP contribution in [0, 0.1) is 0 Å². The number of hydrogen-bond acceptors (Lipinski definition) is 7. The third-order valence-electron chi connectivity index (χ3n) is 9.46. The summed E-state index contributed by atoms with van der Waals surface area (Å²) in [5.41, 5.74) is 5.20. The molecular formula is C39H50N2O7. The molecule has 0 aromatic heterocycles. The first-order valence-electron chi connectivity index (χ1n) is 16.9. The van der Waals surface area contributed by atoms with Crippen LogP contribution in [-0.4, -0.2) is 92.0 Å². The Morgan fingerprint density at radius 2 is 1.35 bits per heavy atom. The number of methoxy groups -OCH3 is 2. The predicted octanol–water partition coefficient (Wildman–Crippen LogP) is 6.21. The lowest BCUT2D eigenvalue weighted by Crippen LogP contribution is -2.48. The van der Waals surface area contributed by atoms with E-state index >= 15 is 0 Å². The Bertz CT molecular complexity index is 1420. The van der Waals surface area contributed by atoms with Crippen LogP contribution in [-0.2, 0) is 26.3 Å². The van der Waals surface area contributed by atoms with Gasteiger partial charge in [0.1, 0.15) is 0 Å². The van der Waals surface area contributed by atoms with Gasteiger partial charge < -0.3 is 34.2 Å². The third kappa shape index (κ3) is 10.2. The van der Waals surface area contributed by atoms with Gasteiger partial charge in [0.05, 0.1) is 26.4 Å². The Balaban J connectivity index is 0.000000579. The number of aliphatic carboxylic acids is 2. The number of nitrogens with zero attached hydrogens (tertiary/aromatic N) is 2. The minimum atomic E-state index is -1.26. The SMILES string of the molecule is CCC1(CCN2CCN(CCCC(c3ccccc3)c3ccccc3)CC2)OCCc2cc(OC)c(OC)cc21.O=C(O)C=CC(=O)O. The lowest BCUT2D eigenvalue weighted by molar-refractivity contribution is -0.134. The van der Waals surface area contributed by atoms with Gasteiger partial charge in [-0.3, -0.25) is 0 Å². The molecule has 2 N–H and O–H groups in total. The molecule has 9 nitrogen and oxygen atoms in total. The zero-order valence-electron chi connectivity index (χ0n) is 28.5. The molecule has 1 atom stereocenters. The molecule has 1 unspecified atom stereocenters. The van der Waals surface area contributed by atoms with E-state index in [9.17, 15) is 9.59 Å². The van der Waals surface area contributed by atoms with E-state index < -0.39 is 11.9 Å². The number of benzene rings is 3. The van der Waals surface area contributed by atoms with Crippen LogP contribution in [0.4, 0.5) is 0 Å². The first kappa shape index (κ1) is 36.7. The van der Waals surface area contributed by atoms with E-state index in [1.165, 1.54) is 41.6 Å². The number of rotatable bonds is 14. The molecule has 0 bridgehead atoms. The lowest BCUT2D eigenvalue weighted by Gasteiger charge is -2.41. The van der Waals surface area contributed by atoms with Crippen molar-refractivity contribution in [2.75, 3.05) is 60.1 Å². The molecule has 3 aromatic rings. The van der Waals surface area contributed by atoms with E-state index in [-0.39, 0.29) is 5.60 Å². The minimum absolute atomic E-state index is 0.256. The molecule has 258 valence electrons. The molecule has 9 heteroatoms. The van der Waals surface area contributed by atoms with Crippen molar-refractivity contribution in [2.45, 2.75) is 50.5 Å². The highest BCUT2D eigenvalue weighted by molar-refractivity contribution is 5.89. The molecule has 0 aliphatic carbocycles. The predicted molar refractivity (Wildman–Crippen MR) is 187 cm³/mol. The van der Waals surface area contributed by atoms with Gasteiger partial charge in [-0.1, -0.05) is 67.6 Å². The maximum absolute atomic E-state index is 9.55. The summed E-state index contributed by atoms with van der Waals surface area (Å²) in [5.74, 6) is -0.450. The highest BCUT2D eigenvalue weighted by Gasteiger charge is 2.38. The molecule has 0 spiro atoms. The number of carbonyl (C=O) groups is 2. The van der Waals surface area contributed by atoms with Crippen LogP contribution >= 0.6 is 0 Å². The van der Waals surface area contributed by atoms with Gasteiger partial charge in [-0.2, -0.15) is 0 Å². The average molecular weight is 659 g/mol. The van der Waals surface area contributed by atoms with E-state index in [0.717, 1.165) is 70.1 Å². The molecule has 1 saturated heterocycles. The monoisotopic (exact) mass is 658 g/mol. The van der Waals surface area contributed by atoms with E-state index in [4.69, 9.17) is 24.4 Å². The maximum atomic E-state index is 9.55.